The third-order valence-corrected chi connectivity index (χ3v) is 9.52. The zero-order valence-corrected chi connectivity index (χ0v) is 28.5. The second kappa shape index (κ2) is 29.0. The summed E-state index contributed by atoms with van der Waals surface area (Å²) < 4.78 is 0. The normalized spacial score (nSPS) is 12.4. The minimum atomic E-state index is -0.480. The smallest absolute Gasteiger partial charge is 0.0647 e. The van der Waals surface area contributed by atoms with Crippen LogP contribution in [0.4, 0.5) is 0 Å². The lowest BCUT2D eigenvalue weighted by molar-refractivity contribution is -0.00618. The van der Waals surface area contributed by atoms with Crippen molar-refractivity contribution in [2.75, 3.05) is 0 Å². The van der Waals surface area contributed by atoms with Crippen LogP contribution in [0.1, 0.15) is 233 Å². The van der Waals surface area contributed by atoms with E-state index in [0.717, 1.165) is 51.4 Å². The largest absolute Gasteiger partial charge is 0.390 e. The van der Waals surface area contributed by atoms with Crippen LogP contribution >= 0.6 is 0 Å². The molecule has 0 amide bonds. The molecule has 0 spiro atoms. The average Bonchev–Trinajstić information content (AvgIpc) is 2.95. The molecule has 2 nitrogen and oxygen atoms in total. The summed E-state index contributed by atoms with van der Waals surface area (Å²) in [6, 6.07) is 0. The van der Waals surface area contributed by atoms with Gasteiger partial charge in [-0.25, -0.2) is 0 Å². The average molecular weight is 567 g/mol. The minimum Gasteiger partial charge on any atom is -0.390 e. The van der Waals surface area contributed by atoms with Crippen molar-refractivity contribution in [3.05, 3.63) is 0 Å². The van der Waals surface area contributed by atoms with Crippen LogP contribution in [0.15, 0.2) is 0 Å². The molecule has 0 fully saturated rings. The van der Waals surface area contributed by atoms with Gasteiger partial charge in [-0.1, -0.05) is 195 Å². The maximum atomic E-state index is 11.7. The first-order chi connectivity index (χ1) is 19.4. The second-order valence-corrected chi connectivity index (χ2v) is 13.7. The van der Waals surface area contributed by atoms with Crippen molar-refractivity contribution in [3.8, 4) is 0 Å². The first kappa shape index (κ1) is 39.9. The standard InChI is InChI=1S/C38H78O2/c1-5-9-13-17-21-25-31-37(39,32-26-22-18-14-10-6-2)35-29-30-36-38(40,33-27-23-19-15-11-7-3)34-28-24-20-16-12-8-4/h39-40H,5-36H2,1-4H3. The first-order valence-corrected chi connectivity index (χ1v) is 18.9. The highest BCUT2D eigenvalue weighted by molar-refractivity contribution is 4.82. The van der Waals surface area contributed by atoms with Crippen LogP contribution in [0.2, 0.25) is 0 Å². The fourth-order valence-corrected chi connectivity index (χ4v) is 6.60. The number of hydrogen-bond acceptors (Lipinski definition) is 2. The van der Waals surface area contributed by atoms with Gasteiger partial charge in [0.05, 0.1) is 11.2 Å². The summed E-state index contributed by atoms with van der Waals surface area (Å²) in [5, 5.41) is 23.3. The van der Waals surface area contributed by atoms with Crippen LogP contribution < -0.4 is 0 Å². The van der Waals surface area contributed by atoms with Gasteiger partial charge in [0.2, 0.25) is 0 Å². The van der Waals surface area contributed by atoms with Gasteiger partial charge in [-0.15, -0.1) is 0 Å². The van der Waals surface area contributed by atoms with Gasteiger partial charge in [-0.3, -0.25) is 0 Å². The molecule has 0 aromatic heterocycles. The number of hydrogen-bond donors (Lipinski definition) is 2. The van der Waals surface area contributed by atoms with Crippen LogP contribution in [0.5, 0.6) is 0 Å². The summed E-state index contributed by atoms with van der Waals surface area (Å²) in [5.74, 6) is 0. The lowest BCUT2D eigenvalue weighted by Gasteiger charge is -2.31. The predicted octanol–water partition coefficient (Wildman–Crippen LogP) is 13.0. The van der Waals surface area contributed by atoms with Crippen molar-refractivity contribution >= 4 is 0 Å². The molecule has 0 aromatic rings. The molecule has 0 heterocycles. The van der Waals surface area contributed by atoms with E-state index >= 15 is 0 Å². The highest BCUT2D eigenvalue weighted by atomic mass is 16.3. The van der Waals surface area contributed by atoms with Crippen LogP contribution in [0.3, 0.4) is 0 Å². The summed E-state index contributed by atoms with van der Waals surface area (Å²) in [7, 11) is 0. The molecular weight excluding hydrogens is 488 g/mol. The topological polar surface area (TPSA) is 40.5 Å². The van der Waals surface area contributed by atoms with Gasteiger partial charge in [-0.05, 0) is 38.5 Å². The van der Waals surface area contributed by atoms with E-state index in [-0.39, 0.29) is 0 Å². The molecule has 0 aliphatic heterocycles. The van der Waals surface area contributed by atoms with Crippen LogP contribution in [0, 0.1) is 0 Å². The van der Waals surface area contributed by atoms with Gasteiger partial charge in [0.25, 0.3) is 0 Å². The van der Waals surface area contributed by atoms with E-state index < -0.39 is 11.2 Å². The Morgan fingerprint density at radius 3 is 0.600 bits per heavy atom. The lowest BCUT2D eigenvalue weighted by Crippen LogP contribution is -2.30. The molecule has 0 bridgehead atoms. The van der Waals surface area contributed by atoms with E-state index in [4.69, 9.17) is 0 Å². The molecule has 0 saturated carbocycles. The van der Waals surface area contributed by atoms with E-state index in [1.807, 2.05) is 0 Å². The van der Waals surface area contributed by atoms with E-state index in [1.165, 1.54) is 154 Å². The second-order valence-electron chi connectivity index (χ2n) is 13.7. The van der Waals surface area contributed by atoms with E-state index in [0.29, 0.717) is 0 Å². The molecular formula is C38H78O2. The monoisotopic (exact) mass is 567 g/mol. The molecule has 0 unspecified atom stereocenters. The Balaban J connectivity index is 4.72. The molecule has 0 aromatic carbocycles. The summed E-state index contributed by atoms with van der Waals surface area (Å²) in [4.78, 5) is 0. The van der Waals surface area contributed by atoms with Crippen LogP contribution in [0.25, 0.3) is 0 Å². The minimum absolute atomic E-state index is 0.480. The summed E-state index contributed by atoms with van der Waals surface area (Å²) in [6.07, 6.45) is 39.0. The first-order valence-electron chi connectivity index (χ1n) is 18.9. The summed E-state index contributed by atoms with van der Waals surface area (Å²) in [6.45, 7) is 9.12. The summed E-state index contributed by atoms with van der Waals surface area (Å²) in [5.41, 5.74) is -0.960. The molecule has 2 heteroatoms. The highest BCUT2D eigenvalue weighted by Crippen LogP contribution is 2.32. The Labute approximate surface area is 254 Å². The van der Waals surface area contributed by atoms with Crippen LogP contribution in [-0.2, 0) is 0 Å². The van der Waals surface area contributed by atoms with Crippen LogP contribution in [-0.4, -0.2) is 21.4 Å². The molecule has 0 saturated heterocycles. The Kier molecular flexibility index (Phi) is 29.0. The molecule has 2 N–H and O–H groups in total. The van der Waals surface area contributed by atoms with E-state index in [9.17, 15) is 10.2 Å². The van der Waals surface area contributed by atoms with Crippen molar-refractivity contribution < 1.29 is 10.2 Å². The van der Waals surface area contributed by atoms with Gasteiger partial charge in [-0.2, -0.15) is 0 Å². The number of rotatable bonds is 33. The maximum absolute atomic E-state index is 11.7. The van der Waals surface area contributed by atoms with Gasteiger partial charge < -0.3 is 10.2 Å². The quantitative estimate of drug-likeness (QED) is 0.0775. The van der Waals surface area contributed by atoms with E-state index in [1.54, 1.807) is 0 Å². The van der Waals surface area contributed by atoms with Crippen molar-refractivity contribution in [3.63, 3.8) is 0 Å². The zero-order chi connectivity index (χ0) is 29.6. The number of aliphatic hydroxyl groups is 2. The third kappa shape index (κ3) is 25.6. The molecule has 0 radical (unpaired) electrons. The third-order valence-electron chi connectivity index (χ3n) is 9.52. The van der Waals surface area contributed by atoms with Crippen molar-refractivity contribution in [2.45, 2.75) is 244 Å². The Morgan fingerprint density at radius 1 is 0.250 bits per heavy atom. The fraction of sp³-hybridized carbons (Fsp3) is 1.00. The Hall–Kier alpha value is -0.0800. The SMILES string of the molecule is CCCCCCCCC(O)(CCCCCCCC)CCCCC(O)(CCCCCCCC)CCCCCCCC. The van der Waals surface area contributed by atoms with Gasteiger partial charge in [0, 0.05) is 0 Å². The lowest BCUT2D eigenvalue weighted by atomic mass is 9.82. The maximum Gasteiger partial charge on any atom is 0.0647 e. The number of unbranched alkanes of at least 4 members (excludes halogenated alkanes) is 21. The van der Waals surface area contributed by atoms with Crippen molar-refractivity contribution in [1.82, 2.24) is 0 Å². The molecule has 0 aliphatic rings. The molecule has 0 atom stereocenters. The molecule has 0 rings (SSSR count). The Morgan fingerprint density at radius 2 is 0.400 bits per heavy atom. The molecule has 0 aliphatic carbocycles. The van der Waals surface area contributed by atoms with Gasteiger partial charge >= 0.3 is 0 Å². The summed E-state index contributed by atoms with van der Waals surface area (Å²) >= 11 is 0. The van der Waals surface area contributed by atoms with Crippen molar-refractivity contribution in [2.24, 2.45) is 0 Å². The predicted molar refractivity (Wildman–Crippen MR) is 180 cm³/mol. The Bertz CT molecular complexity index is 412. The van der Waals surface area contributed by atoms with Gasteiger partial charge in [0.1, 0.15) is 0 Å². The molecule has 40 heavy (non-hydrogen) atoms. The van der Waals surface area contributed by atoms with Crippen molar-refractivity contribution in [1.29, 1.82) is 0 Å². The van der Waals surface area contributed by atoms with E-state index in [2.05, 4.69) is 27.7 Å². The fourth-order valence-electron chi connectivity index (χ4n) is 6.60. The zero-order valence-electron chi connectivity index (χ0n) is 28.5. The van der Waals surface area contributed by atoms with Gasteiger partial charge in [0.15, 0.2) is 0 Å². The highest BCUT2D eigenvalue weighted by Gasteiger charge is 2.28. The molecule has 242 valence electrons.